The van der Waals surface area contributed by atoms with Crippen LogP contribution in [0.5, 0.6) is 0 Å². The van der Waals surface area contributed by atoms with E-state index in [9.17, 15) is 0 Å². The minimum Gasteiger partial charge on any atom is -0.379 e. The van der Waals surface area contributed by atoms with Crippen molar-refractivity contribution in [3.63, 3.8) is 0 Å². The SMILES string of the molecule is CCc1cc(CNc2ccc(Br)cc2)n(C)n1. The zero-order valence-corrected chi connectivity index (χ0v) is 11.7. The molecule has 1 N–H and O–H groups in total. The number of aromatic nitrogens is 2. The van der Waals surface area contributed by atoms with Crippen LogP contribution in [0.3, 0.4) is 0 Å². The molecular weight excluding hydrogens is 278 g/mol. The molecular formula is C13H16BrN3. The van der Waals surface area contributed by atoms with Gasteiger partial charge in [-0.3, -0.25) is 4.68 Å². The standard InChI is InChI=1S/C13H16BrN3/c1-3-11-8-13(17(2)16-11)9-15-12-6-4-10(14)5-7-12/h4-8,15H,3,9H2,1-2H3. The number of anilines is 1. The number of benzene rings is 1. The third-order valence-electron chi connectivity index (χ3n) is 2.71. The van der Waals surface area contributed by atoms with Crippen LogP contribution in [0.25, 0.3) is 0 Å². The summed E-state index contributed by atoms with van der Waals surface area (Å²) >= 11 is 3.42. The van der Waals surface area contributed by atoms with Crippen molar-refractivity contribution in [2.45, 2.75) is 19.9 Å². The van der Waals surface area contributed by atoms with Crippen LogP contribution in [0.2, 0.25) is 0 Å². The lowest BCUT2D eigenvalue weighted by molar-refractivity contribution is 0.707. The van der Waals surface area contributed by atoms with Gasteiger partial charge in [-0.25, -0.2) is 0 Å². The van der Waals surface area contributed by atoms with Crippen molar-refractivity contribution in [2.24, 2.45) is 7.05 Å². The summed E-state index contributed by atoms with van der Waals surface area (Å²) < 4.78 is 3.03. The first-order valence-electron chi connectivity index (χ1n) is 5.70. The smallest absolute Gasteiger partial charge is 0.0625 e. The largest absolute Gasteiger partial charge is 0.379 e. The molecule has 0 radical (unpaired) electrons. The molecule has 1 aromatic heterocycles. The molecule has 2 aromatic rings. The number of rotatable bonds is 4. The molecule has 3 nitrogen and oxygen atoms in total. The van der Waals surface area contributed by atoms with E-state index in [1.165, 1.54) is 5.69 Å². The summed E-state index contributed by atoms with van der Waals surface area (Å²) in [5.74, 6) is 0. The van der Waals surface area contributed by atoms with Gasteiger partial charge in [0.25, 0.3) is 0 Å². The van der Waals surface area contributed by atoms with Gasteiger partial charge in [-0.15, -0.1) is 0 Å². The second-order valence-electron chi connectivity index (χ2n) is 3.96. The lowest BCUT2D eigenvalue weighted by Gasteiger charge is -2.06. The number of hydrogen-bond acceptors (Lipinski definition) is 2. The fraction of sp³-hybridized carbons (Fsp3) is 0.308. The normalized spacial score (nSPS) is 10.5. The molecule has 17 heavy (non-hydrogen) atoms. The van der Waals surface area contributed by atoms with Crippen molar-refractivity contribution in [3.05, 3.63) is 46.2 Å². The van der Waals surface area contributed by atoms with Gasteiger partial charge in [0.05, 0.1) is 17.9 Å². The molecule has 1 heterocycles. The average molecular weight is 294 g/mol. The Morgan fingerprint density at radius 2 is 2.00 bits per heavy atom. The van der Waals surface area contributed by atoms with E-state index in [-0.39, 0.29) is 0 Å². The summed E-state index contributed by atoms with van der Waals surface area (Å²) in [7, 11) is 1.98. The minimum atomic E-state index is 0.797. The Balaban J connectivity index is 2.01. The Morgan fingerprint density at radius 1 is 1.29 bits per heavy atom. The number of aryl methyl sites for hydroxylation is 2. The summed E-state index contributed by atoms with van der Waals surface area (Å²) in [5.41, 5.74) is 3.46. The summed E-state index contributed by atoms with van der Waals surface area (Å²) in [6.07, 6.45) is 0.978. The Hall–Kier alpha value is -1.29. The highest BCUT2D eigenvalue weighted by molar-refractivity contribution is 9.10. The Kier molecular flexibility index (Phi) is 3.84. The zero-order chi connectivity index (χ0) is 12.3. The predicted octanol–water partition coefficient (Wildman–Crippen LogP) is 3.36. The number of halogens is 1. The van der Waals surface area contributed by atoms with Gasteiger partial charge in [-0.05, 0) is 36.8 Å². The second kappa shape index (κ2) is 5.36. The third-order valence-corrected chi connectivity index (χ3v) is 3.24. The molecule has 0 aliphatic heterocycles. The van der Waals surface area contributed by atoms with E-state index < -0.39 is 0 Å². The fourth-order valence-electron chi connectivity index (χ4n) is 1.67. The van der Waals surface area contributed by atoms with Crippen LogP contribution < -0.4 is 5.32 Å². The highest BCUT2D eigenvalue weighted by atomic mass is 79.9. The topological polar surface area (TPSA) is 29.9 Å². The van der Waals surface area contributed by atoms with Crippen molar-refractivity contribution in [1.82, 2.24) is 9.78 Å². The highest BCUT2D eigenvalue weighted by Crippen LogP contribution is 2.15. The van der Waals surface area contributed by atoms with Gasteiger partial charge in [0.15, 0.2) is 0 Å². The van der Waals surface area contributed by atoms with Crippen LogP contribution in [0.4, 0.5) is 5.69 Å². The maximum absolute atomic E-state index is 4.42. The molecule has 0 fully saturated rings. The highest BCUT2D eigenvalue weighted by Gasteiger charge is 2.03. The van der Waals surface area contributed by atoms with Crippen LogP contribution in [-0.4, -0.2) is 9.78 Å². The predicted molar refractivity (Wildman–Crippen MR) is 74.1 cm³/mol. The summed E-state index contributed by atoms with van der Waals surface area (Å²) in [5, 5.41) is 7.81. The number of hydrogen-bond donors (Lipinski definition) is 1. The molecule has 1 aromatic carbocycles. The van der Waals surface area contributed by atoms with Crippen LogP contribution >= 0.6 is 15.9 Å². The monoisotopic (exact) mass is 293 g/mol. The van der Waals surface area contributed by atoms with E-state index in [1.54, 1.807) is 0 Å². The Morgan fingerprint density at radius 3 is 2.59 bits per heavy atom. The summed E-state index contributed by atoms with van der Waals surface area (Å²) in [6.45, 7) is 2.92. The first kappa shape index (κ1) is 12.2. The van der Waals surface area contributed by atoms with Gasteiger partial charge in [-0.2, -0.15) is 5.10 Å². The Bertz CT molecular complexity index is 488. The zero-order valence-electron chi connectivity index (χ0n) is 10.1. The maximum Gasteiger partial charge on any atom is 0.0625 e. The molecule has 4 heteroatoms. The summed E-state index contributed by atoms with van der Waals surface area (Å²) in [4.78, 5) is 0. The molecule has 0 aliphatic rings. The van der Waals surface area contributed by atoms with E-state index in [1.807, 2.05) is 23.9 Å². The Labute approximate surface area is 110 Å². The molecule has 90 valence electrons. The van der Waals surface area contributed by atoms with Crippen molar-refractivity contribution >= 4 is 21.6 Å². The van der Waals surface area contributed by atoms with Crippen molar-refractivity contribution in [3.8, 4) is 0 Å². The van der Waals surface area contributed by atoms with Gasteiger partial charge in [0.2, 0.25) is 0 Å². The number of nitrogens with zero attached hydrogens (tertiary/aromatic N) is 2. The molecule has 0 spiro atoms. The summed E-state index contributed by atoms with van der Waals surface area (Å²) in [6, 6.07) is 10.3. The van der Waals surface area contributed by atoms with Crippen LogP contribution in [0.15, 0.2) is 34.8 Å². The van der Waals surface area contributed by atoms with Crippen LogP contribution in [0.1, 0.15) is 18.3 Å². The van der Waals surface area contributed by atoms with Gasteiger partial charge in [0.1, 0.15) is 0 Å². The number of nitrogens with one attached hydrogen (secondary N) is 1. The van der Waals surface area contributed by atoms with E-state index in [0.717, 1.165) is 28.8 Å². The van der Waals surface area contributed by atoms with Crippen molar-refractivity contribution in [1.29, 1.82) is 0 Å². The first-order chi connectivity index (χ1) is 8.19. The molecule has 0 unspecified atom stereocenters. The van der Waals surface area contributed by atoms with E-state index in [0.29, 0.717) is 0 Å². The first-order valence-corrected chi connectivity index (χ1v) is 6.49. The van der Waals surface area contributed by atoms with E-state index in [2.05, 4.69) is 51.5 Å². The second-order valence-corrected chi connectivity index (χ2v) is 4.88. The molecule has 0 bridgehead atoms. The third kappa shape index (κ3) is 3.09. The lowest BCUT2D eigenvalue weighted by atomic mass is 10.3. The quantitative estimate of drug-likeness (QED) is 0.937. The van der Waals surface area contributed by atoms with Gasteiger partial charge >= 0.3 is 0 Å². The fourth-order valence-corrected chi connectivity index (χ4v) is 1.93. The van der Waals surface area contributed by atoms with Gasteiger partial charge in [-0.1, -0.05) is 22.9 Å². The molecule has 2 rings (SSSR count). The van der Waals surface area contributed by atoms with E-state index in [4.69, 9.17) is 0 Å². The van der Waals surface area contributed by atoms with E-state index >= 15 is 0 Å². The van der Waals surface area contributed by atoms with Gasteiger partial charge in [0, 0.05) is 17.2 Å². The van der Waals surface area contributed by atoms with Crippen LogP contribution in [-0.2, 0) is 20.0 Å². The molecule has 0 amide bonds. The van der Waals surface area contributed by atoms with Crippen molar-refractivity contribution < 1.29 is 0 Å². The molecule has 0 aliphatic carbocycles. The minimum absolute atomic E-state index is 0.797. The van der Waals surface area contributed by atoms with Gasteiger partial charge < -0.3 is 5.32 Å². The van der Waals surface area contributed by atoms with Crippen molar-refractivity contribution in [2.75, 3.05) is 5.32 Å². The molecule has 0 saturated heterocycles. The molecule has 0 atom stereocenters. The lowest BCUT2D eigenvalue weighted by Crippen LogP contribution is -2.05. The van der Waals surface area contributed by atoms with Crippen LogP contribution in [0, 0.1) is 0 Å². The molecule has 0 saturated carbocycles. The average Bonchev–Trinajstić information content (AvgIpc) is 2.69. The maximum atomic E-state index is 4.42.